The van der Waals surface area contributed by atoms with Gasteiger partial charge in [-0.05, 0) is 12.1 Å². The van der Waals surface area contributed by atoms with Gasteiger partial charge in [0.25, 0.3) is 0 Å². The van der Waals surface area contributed by atoms with E-state index in [1.807, 2.05) is 12.1 Å². The van der Waals surface area contributed by atoms with Gasteiger partial charge in [-0.1, -0.05) is 0 Å². The normalized spacial score (nSPS) is 9.92. The van der Waals surface area contributed by atoms with Gasteiger partial charge < -0.3 is 10.7 Å². The van der Waals surface area contributed by atoms with Gasteiger partial charge >= 0.3 is 0 Å². The van der Waals surface area contributed by atoms with Gasteiger partial charge in [0.15, 0.2) is 0 Å². The van der Waals surface area contributed by atoms with Crippen LogP contribution in [0.4, 0.5) is 5.82 Å². The zero-order chi connectivity index (χ0) is 8.55. The number of aromatic nitrogens is 2. The molecule has 0 aromatic carbocycles. The Balaban J connectivity index is 2.93. The highest BCUT2D eigenvalue weighted by Gasteiger charge is 2.07. The molecule has 2 aromatic heterocycles. The SMILES string of the molecule is N#Cc1c(N)[nH]c2ncccc12. The van der Waals surface area contributed by atoms with Gasteiger partial charge in [-0.2, -0.15) is 5.26 Å². The van der Waals surface area contributed by atoms with Gasteiger partial charge in [0.1, 0.15) is 23.1 Å². The van der Waals surface area contributed by atoms with E-state index in [-0.39, 0.29) is 0 Å². The van der Waals surface area contributed by atoms with Crippen molar-refractivity contribution in [2.75, 3.05) is 5.73 Å². The Morgan fingerprint density at radius 3 is 3.17 bits per heavy atom. The first kappa shape index (κ1) is 6.68. The Labute approximate surface area is 68.6 Å². The summed E-state index contributed by atoms with van der Waals surface area (Å²) in [7, 11) is 0. The molecule has 58 valence electrons. The topological polar surface area (TPSA) is 78.5 Å². The molecule has 2 rings (SSSR count). The largest absolute Gasteiger partial charge is 0.384 e. The minimum absolute atomic E-state index is 0.381. The summed E-state index contributed by atoms with van der Waals surface area (Å²) >= 11 is 0. The second kappa shape index (κ2) is 2.24. The molecule has 0 saturated carbocycles. The van der Waals surface area contributed by atoms with E-state index in [1.165, 1.54) is 0 Å². The van der Waals surface area contributed by atoms with Gasteiger partial charge in [0.05, 0.1) is 0 Å². The smallest absolute Gasteiger partial charge is 0.140 e. The first-order valence-corrected chi connectivity index (χ1v) is 3.45. The Kier molecular flexibility index (Phi) is 1.25. The molecule has 0 fully saturated rings. The first-order chi connectivity index (χ1) is 5.83. The molecule has 4 nitrogen and oxygen atoms in total. The summed E-state index contributed by atoms with van der Waals surface area (Å²) in [5, 5.41) is 9.50. The average Bonchev–Trinajstić information content (AvgIpc) is 2.40. The number of nitrogens with two attached hydrogens (primary N) is 1. The maximum Gasteiger partial charge on any atom is 0.140 e. The van der Waals surface area contributed by atoms with E-state index in [0.29, 0.717) is 17.0 Å². The maximum absolute atomic E-state index is 8.73. The van der Waals surface area contributed by atoms with Crippen molar-refractivity contribution in [3.8, 4) is 6.07 Å². The fourth-order valence-corrected chi connectivity index (χ4v) is 1.16. The number of aromatic amines is 1. The predicted octanol–water partition coefficient (Wildman–Crippen LogP) is 1.02. The molecule has 0 bridgehead atoms. The summed E-state index contributed by atoms with van der Waals surface area (Å²) in [6.45, 7) is 0. The van der Waals surface area contributed by atoms with Gasteiger partial charge in [-0.3, -0.25) is 0 Å². The Morgan fingerprint density at radius 2 is 2.42 bits per heavy atom. The van der Waals surface area contributed by atoms with Crippen molar-refractivity contribution in [1.82, 2.24) is 9.97 Å². The molecule has 2 aromatic rings. The highest BCUT2D eigenvalue weighted by molar-refractivity contribution is 5.88. The van der Waals surface area contributed by atoms with Crippen LogP contribution in [0.2, 0.25) is 0 Å². The molecular weight excluding hydrogens is 152 g/mol. The predicted molar refractivity (Wildman–Crippen MR) is 45.2 cm³/mol. The molecule has 0 saturated heterocycles. The Hall–Kier alpha value is -2.02. The van der Waals surface area contributed by atoms with Crippen LogP contribution in [-0.2, 0) is 0 Å². The number of nitrogens with zero attached hydrogens (tertiary/aromatic N) is 2. The van der Waals surface area contributed by atoms with Gasteiger partial charge in [0, 0.05) is 11.6 Å². The molecule has 3 N–H and O–H groups in total. The molecule has 0 atom stereocenters. The summed E-state index contributed by atoms with van der Waals surface area (Å²) in [5.41, 5.74) is 6.68. The monoisotopic (exact) mass is 158 g/mol. The molecule has 0 aliphatic rings. The Morgan fingerprint density at radius 1 is 1.58 bits per heavy atom. The minimum atomic E-state index is 0.381. The first-order valence-electron chi connectivity index (χ1n) is 3.45. The Bertz CT molecular complexity index is 463. The van der Waals surface area contributed by atoms with Crippen molar-refractivity contribution < 1.29 is 0 Å². The number of anilines is 1. The lowest BCUT2D eigenvalue weighted by molar-refractivity contribution is 1.33. The minimum Gasteiger partial charge on any atom is -0.384 e. The van der Waals surface area contributed by atoms with E-state index in [4.69, 9.17) is 11.0 Å². The van der Waals surface area contributed by atoms with Crippen molar-refractivity contribution in [2.24, 2.45) is 0 Å². The second-order valence-electron chi connectivity index (χ2n) is 2.43. The fraction of sp³-hybridized carbons (Fsp3) is 0. The van der Waals surface area contributed by atoms with Crippen molar-refractivity contribution >= 4 is 16.9 Å². The lowest BCUT2D eigenvalue weighted by Gasteiger charge is -1.84. The zero-order valence-electron chi connectivity index (χ0n) is 6.20. The standard InChI is InChI=1S/C8H6N4/c9-4-6-5-2-1-3-11-8(5)12-7(6)10/h1-3H,10H2,(H,11,12). The third-order valence-corrected chi connectivity index (χ3v) is 1.71. The van der Waals surface area contributed by atoms with Crippen LogP contribution < -0.4 is 5.73 Å². The van der Waals surface area contributed by atoms with E-state index >= 15 is 0 Å². The van der Waals surface area contributed by atoms with Crippen LogP contribution in [0, 0.1) is 11.3 Å². The van der Waals surface area contributed by atoms with E-state index in [2.05, 4.69) is 9.97 Å². The van der Waals surface area contributed by atoms with Crippen molar-refractivity contribution in [1.29, 1.82) is 5.26 Å². The van der Waals surface area contributed by atoms with Crippen molar-refractivity contribution in [3.05, 3.63) is 23.9 Å². The molecule has 0 aliphatic heterocycles. The number of fused-ring (bicyclic) bond motifs is 1. The zero-order valence-corrected chi connectivity index (χ0v) is 6.20. The molecule has 2 heterocycles. The molecule has 4 heteroatoms. The van der Waals surface area contributed by atoms with E-state index < -0.39 is 0 Å². The summed E-state index contributed by atoms with van der Waals surface area (Å²) in [4.78, 5) is 6.85. The quantitative estimate of drug-likeness (QED) is 0.600. The van der Waals surface area contributed by atoms with E-state index in [0.717, 1.165) is 5.39 Å². The summed E-state index contributed by atoms with van der Waals surface area (Å²) in [6, 6.07) is 5.61. The molecule has 0 amide bonds. The van der Waals surface area contributed by atoms with Crippen molar-refractivity contribution in [3.63, 3.8) is 0 Å². The summed E-state index contributed by atoms with van der Waals surface area (Å²) in [5.74, 6) is 0.381. The molecule has 0 aliphatic carbocycles. The van der Waals surface area contributed by atoms with E-state index in [1.54, 1.807) is 12.3 Å². The van der Waals surface area contributed by atoms with E-state index in [9.17, 15) is 0 Å². The number of nitrogen functional groups attached to an aromatic ring is 1. The number of rotatable bonds is 0. The highest BCUT2D eigenvalue weighted by atomic mass is 14.9. The van der Waals surface area contributed by atoms with Gasteiger partial charge in [-0.25, -0.2) is 4.98 Å². The molecular formula is C8H6N4. The number of nitrogens with one attached hydrogen (secondary N) is 1. The third-order valence-electron chi connectivity index (χ3n) is 1.71. The number of nitriles is 1. The lowest BCUT2D eigenvalue weighted by atomic mass is 10.2. The molecule has 12 heavy (non-hydrogen) atoms. The number of hydrogen-bond acceptors (Lipinski definition) is 3. The van der Waals surface area contributed by atoms with Crippen LogP contribution in [0.3, 0.4) is 0 Å². The van der Waals surface area contributed by atoms with Crippen LogP contribution in [0.1, 0.15) is 5.56 Å². The number of pyridine rings is 1. The average molecular weight is 158 g/mol. The summed E-state index contributed by atoms with van der Waals surface area (Å²) in [6.07, 6.45) is 1.65. The number of H-pyrrole nitrogens is 1. The van der Waals surface area contributed by atoms with Gasteiger partial charge in [-0.15, -0.1) is 0 Å². The van der Waals surface area contributed by atoms with Crippen LogP contribution in [-0.4, -0.2) is 9.97 Å². The van der Waals surface area contributed by atoms with Crippen LogP contribution in [0.15, 0.2) is 18.3 Å². The van der Waals surface area contributed by atoms with Gasteiger partial charge in [0.2, 0.25) is 0 Å². The van der Waals surface area contributed by atoms with Crippen LogP contribution >= 0.6 is 0 Å². The van der Waals surface area contributed by atoms with Crippen LogP contribution in [0.25, 0.3) is 11.0 Å². The number of hydrogen-bond donors (Lipinski definition) is 2. The maximum atomic E-state index is 8.73. The lowest BCUT2D eigenvalue weighted by Crippen LogP contribution is -1.86. The molecule has 0 spiro atoms. The molecule has 0 radical (unpaired) electrons. The highest BCUT2D eigenvalue weighted by Crippen LogP contribution is 2.20. The molecule has 0 unspecified atom stereocenters. The third kappa shape index (κ3) is 0.736. The summed E-state index contributed by atoms with van der Waals surface area (Å²) < 4.78 is 0. The van der Waals surface area contributed by atoms with Crippen LogP contribution in [0.5, 0.6) is 0 Å². The fourth-order valence-electron chi connectivity index (χ4n) is 1.16. The second-order valence-corrected chi connectivity index (χ2v) is 2.43. The van der Waals surface area contributed by atoms with Crippen molar-refractivity contribution in [2.45, 2.75) is 0 Å².